The topological polar surface area (TPSA) is 69.7 Å². The molecule has 1 aromatic carbocycles. The van der Waals surface area contributed by atoms with Crippen LogP contribution in [0.5, 0.6) is 0 Å². The lowest BCUT2D eigenvalue weighted by Crippen LogP contribution is -2.46. The molecule has 0 aliphatic carbocycles. The van der Waals surface area contributed by atoms with Crippen molar-refractivity contribution >= 4 is 39.0 Å². The maximum Gasteiger partial charge on any atom is 0.248 e. The Hall–Kier alpha value is -2.00. The second kappa shape index (κ2) is 8.13. The number of hydrogen-bond donors (Lipinski definition) is 1. The van der Waals surface area contributed by atoms with Crippen molar-refractivity contribution in [2.24, 2.45) is 0 Å². The second-order valence-corrected chi connectivity index (χ2v) is 8.99. The van der Waals surface area contributed by atoms with Gasteiger partial charge >= 0.3 is 0 Å². The Labute approximate surface area is 157 Å². The van der Waals surface area contributed by atoms with Crippen LogP contribution < -0.4 is 5.32 Å². The second-order valence-electron chi connectivity index (χ2n) is 6.07. The predicted octanol–water partition coefficient (Wildman–Crippen LogP) is 2.34. The molecule has 1 N–H and O–H groups in total. The van der Waals surface area contributed by atoms with E-state index in [0.717, 1.165) is 18.0 Å². The smallest absolute Gasteiger partial charge is 0.248 e. The maximum absolute atomic E-state index is 12.7. The molecule has 1 aliphatic rings. The average molecular weight is 392 g/mol. The molecule has 0 radical (unpaired) electrons. The van der Waals surface area contributed by atoms with E-state index in [1.165, 1.54) is 22.5 Å². The first-order chi connectivity index (χ1) is 12.4. The number of thiophene rings is 1. The summed E-state index contributed by atoms with van der Waals surface area (Å²) in [4.78, 5) is 15.3. The highest BCUT2D eigenvalue weighted by molar-refractivity contribution is 7.89. The van der Waals surface area contributed by atoms with Gasteiger partial charge in [0.25, 0.3) is 0 Å². The van der Waals surface area contributed by atoms with Gasteiger partial charge in [0.2, 0.25) is 15.9 Å². The van der Waals surface area contributed by atoms with Crippen molar-refractivity contribution in [1.82, 2.24) is 9.21 Å². The first-order valence-electron chi connectivity index (χ1n) is 8.26. The van der Waals surface area contributed by atoms with Gasteiger partial charge in [-0.25, -0.2) is 8.42 Å². The van der Waals surface area contributed by atoms with Crippen LogP contribution in [0.25, 0.3) is 6.08 Å². The summed E-state index contributed by atoms with van der Waals surface area (Å²) in [5.41, 5.74) is 0.558. The highest BCUT2D eigenvalue weighted by Crippen LogP contribution is 2.20. The van der Waals surface area contributed by atoms with Crippen LogP contribution in [-0.2, 0) is 14.8 Å². The van der Waals surface area contributed by atoms with E-state index in [2.05, 4.69) is 10.2 Å². The lowest BCUT2D eigenvalue weighted by molar-refractivity contribution is -0.111. The SMILES string of the molecule is CN1CCN(S(=O)(=O)c2ccc(NC(=O)C=Cc3cccs3)cc2)CC1. The Morgan fingerprint density at radius 1 is 1.12 bits per heavy atom. The molecule has 1 aromatic heterocycles. The summed E-state index contributed by atoms with van der Waals surface area (Å²) in [6, 6.07) is 10.1. The molecule has 0 spiro atoms. The molecule has 2 aromatic rings. The number of sulfonamides is 1. The number of carbonyl (C=O) groups excluding carboxylic acids is 1. The number of piperazine rings is 1. The highest BCUT2D eigenvalue weighted by Gasteiger charge is 2.27. The van der Waals surface area contributed by atoms with E-state index in [0.29, 0.717) is 18.8 Å². The number of likely N-dealkylation sites (N-methyl/N-ethyl adjacent to an activating group) is 1. The van der Waals surface area contributed by atoms with Gasteiger partial charge in [0, 0.05) is 42.8 Å². The molecule has 2 heterocycles. The highest BCUT2D eigenvalue weighted by atomic mass is 32.2. The maximum atomic E-state index is 12.7. The number of benzene rings is 1. The molecule has 138 valence electrons. The van der Waals surface area contributed by atoms with Crippen molar-refractivity contribution in [2.45, 2.75) is 4.90 Å². The van der Waals surface area contributed by atoms with Gasteiger partial charge in [0.1, 0.15) is 0 Å². The Morgan fingerprint density at radius 2 is 1.81 bits per heavy atom. The van der Waals surface area contributed by atoms with Crippen LogP contribution in [-0.4, -0.2) is 56.8 Å². The van der Waals surface area contributed by atoms with Crippen LogP contribution in [0.2, 0.25) is 0 Å². The standard InChI is InChI=1S/C18H21N3O3S2/c1-20-10-12-21(13-11-20)26(23,24)17-7-4-15(5-8-17)19-18(22)9-6-16-3-2-14-25-16/h2-9,14H,10-13H2,1H3,(H,19,22). The third kappa shape index (κ3) is 4.59. The van der Waals surface area contributed by atoms with E-state index < -0.39 is 10.0 Å². The van der Waals surface area contributed by atoms with Gasteiger partial charge in [0.05, 0.1) is 4.90 Å². The Morgan fingerprint density at radius 3 is 2.42 bits per heavy atom. The molecule has 1 saturated heterocycles. The van der Waals surface area contributed by atoms with Gasteiger partial charge in [-0.05, 0) is 48.8 Å². The number of nitrogens with zero attached hydrogens (tertiary/aromatic N) is 2. The van der Waals surface area contributed by atoms with Crippen molar-refractivity contribution in [3.8, 4) is 0 Å². The third-order valence-corrected chi connectivity index (χ3v) is 6.91. The van der Waals surface area contributed by atoms with E-state index in [1.807, 2.05) is 24.6 Å². The lowest BCUT2D eigenvalue weighted by atomic mass is 10.3. The molecule has 1 amide bonds. The number of amides is 1. The fourth-order valence-corrected chi connectivity index (χ4v) is 4.66. The van der Waals surface area contributed by atoms with Gasteiger partial charge in [-0.2, -0.15) is 4.31 Å². The number of hydrogen-bond acceptors (Lipinski definition) is 5. The fraction of sp³-hybridized carbons (Fsp3) is 0.278. The summed E-state index contributed by atoms with van der Waals surface area (Å²) < 4.78 is 26.8. The average Bonchev–Trinajstić information content (AvgIpc) is 3.14. The predicted molar refractivity (Wildman–Crippen MR) is 105 cm³/mol. The largest absolute Gasteiger partial charge is 0.323 e. The van der Waals surface area contributed by atoms with Crippen molar-refractivity contribution in [3.63, 3.8) is 0 Å². The number of nitrogens with one attached hydrogen (secondary N) is 1. The molecule has 1 aliphatic heterocycles. The van der Waals surface area contributed by atoms with E-state index in [-0.39, 0.29) is 10.8 Å². The minimum absolute atomic E-state index is 0.245. The molecular formula is C18H21N3O3S2. The summed E-state index contributed by atoms with van der Waals surface area (Å²) in [7, 11) is -1.51. The number of anilines is 1. The van der Waals surface area contributed by atoms with E-state index in [1.54, 1.807) is 29.5 Å². The summed E-state index contributed by atoms with van der Waals surface area (Å²) >= 11 is 1.55. The van der Waals surface area contributed by atoms with Crippen LogP contribution in [0.15, 0.2) is 52.7 Å². The van der Waals surface area contributed by atoms with Crippen LogP contribution in [0, 0.1) is 0 Å². The molecule has 26 heavy (non-hydrogen) atoms. The molecule has 0 atom stereocenters. The van der Waals surface area contributed by atoms with Crippen LogP contribution in [0.4, 0.5) is 5.69 Å². The Balaban J connectivity index is 1.63. The van der Waals surface area contributed by atoms with E-state index >= 15 is 0 Å². The molecule has 1 fully saturated rings. The van der Waals surface area contributed by atoms with Gasteiger partial charge in [-0.15, -0.1) is 11.3 Å². The molecule has 0 saturated carbocycles. The molecule has 3 rings (SSSR count). The van der Waals surface area contributed by atoms with E-state index in [9.17, 15) is 13.2 Å². The zero-order chi connectivity index (χ0) is 18.6. The van der Waals surface area contributed by atoms with Crippen molar-refractivity contribution in [1.29, 1.82) is 0 Å². The van der Waals surface area contributed by atoms with Crippen molar-refractivity contribution in [2.75, 3.05) is 38.5 Å². The van der Waals surface area contributed by atoms with Crippen molar-refractivity contribution < 1.29 is 13.2 Å². The first-order valence-corrected chi connectivity index (χ1v) is 10.6. The molecule has 0 bridgehead atoms. The van der Waals surface area contributed by atoms with Crippen molar-refractivity contribution in [3.05, 3.63) is 52.7 Å². The molecular weight excluding hydrogens is 370 g/mol. The lowest BCUT2D eigenvalue weighted by Gasteiger charge is -2.31. The summed E-state index contributed by atoms with van der Waals surface area (Å²) in [6.07, 6.45) is 3.20. The van der Waals surface area contributed by atoms with Crippen LogP contribution >= 0.6 is 11.3 Å². The number of rotatable bonds is 5. The third-order valence-electron chi connectivity index (χ3n) is 4.16. The minimum Gasteiger partial charge on any atom is -0.323 e. The molecule has 6 nitrogen and oxygen atoms in total. The summed E-state index contributed by atoms with van der Waals surface area (Å²) in [5.74, 6) is -0.256. The quantitative estimate of drug-likeness (QED) is 0.795. The summed E-state index contributed by atoms with van der Waals surface area (Å²) in [6.45, 7) is 2.43. The summed E-state index contributed by atoms with van der Waals surface area (Å²) in [5, 5.41) is 4.67. The monoisotopic (exact) mass is 391 g/mol. The van der Waals surface area contributed by atoms with E-state index in [4.69, 9.17) is 0 Å². The zero-order valence-corrected chi connectivity index (χ0v) is 16.1. The fourth-order valence-electron chi connectivity index (χ4n) is 2.62. The molecule has 0 unspecified atom stereocenters. The van der Waals surface area contributed by atoms with Crippen LogP contribution in [0.1, 0.15) is 4.88 Å². The Kier molecular flexibility index (Phi) is 5.87. The van der Waals surface area contributed by atoms with Crippen LogP contribution in [0.3, 0.4) is 0 Å². The van der Waals surface area contributed by atoms with Gasteiger partial charge < -0.3 is 10.2 Å². The first kappa shape index (κ1) is 18.8. The van der Waals surface area contributed by atoms with Gasteiger partial charge in [-0.1, -0.05) is 6.07 Å². The normalized spacial score (nSPS) is 16.8. The van der Waals surface area contributed by atoms with Gasteiger partial charge in [0.15, 0.2) is 0 Å². The Bertz CT molecular complexity index is 867. The minimum atomic E-state index is -3.49. The number of carbonyl (C=O) groups is 1. The van der Waals surface area contributed by atoms with Gasteiger partial charge in [-0.3, -0.25) is 4.79 Å². The zero-order valence-electron chi connectivity index (χ0n) is 14.5. The molecule has 8 heteroatoms.